The number of benzene rings is 1. The van der Waals surface area contributed by atoms with Gasteiger partial charge in [-0.15, -0.1) is 0 Å². The lowest BCUT2D eigenvalue weighted by molar-refractivity contribution is -0.152. The second kappa shape index (κ2) is 11.0. The third-order valence-corrected chi connectivity index (χ3v) is 7.78. The number of amides is 3. The first-order chi connectivity index (χ1) is 18.4. The number of carbonyl (C=O) groups is 4. The molecule has 1 unspecified atom stereocenters. The Morgan fingerprint density at radius 2 is 1.63 bits per heavy atom. The van der Waals surface area contributed by atoms with E-state index in [1.165, 1.54) is 6.26 Å². The molecular formula is C28H33N3O7. The number of nitrogens with zero attached hydrogens (tertiary/aromatic N) is 3. The molecule has 3 amide bonds. The Labute approximate surface area is 221 Å². The predicted molar refractivity (Wildman–Crippen MR) is 135 cm³/mol. The number of esters is 1. The van der Waals surface area contributed by atoms with Crippen molar-refractivity contribution in [3.8, 4) is 0 Å². The van der Waals surface area contributed by atoms with Gasteiger partial charge in [0.1, 0.15) is 11.8 Å². The molecule has 5 rings (SSSR count). The number of piperidine rings is 2. The van der Waals surface area contributed by atoms with Crippen LogP contribution < -0.4 is 0 Å². The van der Waals surface area contributed by atoms with Gasteiger partial charge in [-0.2, -0.15) is 0 Å². The first-order valence-corrected chi connectivity index (χ1v) is 13.2. The lowest BCUT2D eigenvalue weighted by Crippen LogP contribution is -2.60. The molecule has 10 nitrogen and oxygen atoms in total. The van der Waals surface area contributed by atoms with Gasteiger partial charge in [-0.05, 0) is 44.0 Å². The van der Waals surface area contributed by atoms with Crippen molar-refractivity contribution in [3.63, 3.8) is 0 Å². The summed E-state index contributed by atoms with van der Waals surface area (Å²) >= 11 is 0. The van der Waals surface area contributed by atoms with E-state index in [1.807, 2.05) is 6.07 Å². The fourth-order valence-electron chi connectivity index (χ4n) is 5.70. The second-order valence-electron chi connectivity index (χ2n) is 9.94. The summed E-state index contributed by atoms with van der Waals surface area (Å²) in [6, 6.07) is 11.4. The molecule has 1 aromatic carbocycles. The molecule has 3 saturated heterocycles. The first kappa shape index (κ1) is 26.0. The van der Waals surface area contributed by atoms with Crippen LogP contribution in [0.5, 0.6) is 0 Å². The summed E-state index contributed by atoms with van der Waals surface area (Å²) in [4.78, 5) is 57.6. The molecule has 38 heavy (non-hydrogen) atoms. The molecule has 10 heteroatoms. The molecule has 202 valence electrons. The topological polar surface area (TPSA) is 110 Å². The van der Waals surface area contributed by atoms with Crippen molar-refractivity contribution in [2.24, 2.45) is 5.92 Å². The standard InChI is InChI=1S/C28H33N3O7/c1-2-36-27(35)21-10-14-29(15-11-21)25(33)22-19-38-28(31(22)24(32)20-7-4-3-5-8-20)12-16-30(17-13-28)26(34)23-9-6-18-37-23/h3-9,18,21-22H,2,10-17,19H2,1H3. The fraction of sp³-hybridized carbons (Fsp3) is 0.500. The fourth-order valence-corrected chi connectivity index (χ4v) is 5.70. The van der Waals surface area contributed by atoms with E-state index in [9.17, 15) is 19.2 Å². The van der Waals surface area contributed by atoms with Crippen LogP contribution in [0.1, 0.15) is 53.5 Å². The number of rotatable bonds is 5. The molecule has 2 aromatic rings. The predicted octanol–water partition coefficient (Wildman–Crippen LogP) is 2.55. The Balaban J connectivity index is 1.33. The van der Waals surface area contributed by atoms with Crippen molar-refractivity contribution in [1.29, 1.82) is 0 Å². The van der Waals surface area contributed by atoms with Crippen LogP contribution in [0.4, 0.5) is 0 Å². The average molecular weight is 524 g/mol. The Morgan fingerprint density at radius 3 is 2.26 bits per heavy atom. The summed E-state index contributed by atoms with van der Waals surface area (Å²) in [7, 11) is 0. The summed E-state index contributed by atoms with van der Waals surface area (Å²) in [5, 5.41) is 0. The highest BCUT2D eigenvalue weighted by Gasteiger charge is 2.55. The van der Waals surface area contributed by atoms with Crippen molar-refractivity contribution in [1.82, 2.24) is 14.7 Å². The van der Waals surface area contributed by atoms with Gasteiger partial charge in [-0.1, -0.05) is 18.2 Å². The summed E-state index contributed by atoms with van der Waals surface area (Å²) in [6.07, 6.45) is 3.28. The van der Waals surface area contributed by atoms with Crippen LogP contribution in [0.25, 0.3) is 0 Å². The van der Waals surface area contributed by atoms with Gasteiger partial charge in [0.15, 0.2) is 5.76 Å². The molecule has 0 saturated carbocycles. The largest absolute Gasteiger partial charge is 0.466 e. The van der Waals surface area contributed by atoms with Crippen molar-refractivity contribution in [2.45, 2.75) is 44.4 Å². The van der Waals surface area contributed by atoms with Crippen molar-refractivity contribution < 1.29 is 33.1 Å². The third-order valence-electron chi connectivity index (χ3n) is 7.78. The zero-order valence-corrected chi connectivity index (χ0v) is 21.5. The summed E-state index contributed by atoms with van der Waals surface area (Å²) in [5.74, 6) is -0.829. The van der Waals surface area contributed by atoms with Gasteiger partial charge in [-0.3, -0.25) is 24.1 Å². The Hall–Kier alpha value is -3.66. The van der Waals surface area contributed by atoms with Gasteiger partial charge in [0.05, 0.1) is 25.4 Å². The molecule has 3 aliphatic rings. The maximum absolute atomic E-state index is 13.9. The Morgan fingerprint density at radius 1 is 0.921 bits per heavy atom. The van der Waals surface area contributed by atoms with Crippen molar-refractivity contribution in [3.05, 3.63) is 60.1 Å². The normalized spacial score (nSPS) is 21.5. The van der Waals surface area contributed by atoms with Gasteiger partial charge in [0.25, 0.3) is 11.8 Å². The lowest BCUT2D eigenvalue weighted by Gasteiger charge is -2.45. The molecule has 0 radical (unpaired) electrons. The molecular weight excluding hydrogens is 490 g/mol. The van der Waals surface area contributed by atoms with Crippen LogP contribution in [0.3, 0.4) is 0 Å². The third kappa shape index (κ3) is 4.92. The quantitative estimate of drug-likeness (QED) is 0.554. The van der Waals surface area contributed by atoms with E-state index in [0.717, 1.165) is 0 Å². The molecule has 1 spiro atoms. The highest BCUT2D eigenvalue weighted by molar-refractivity contribution is 5.98. The number of likely N-dealkylation sites (tertiary alicyclic amines) is 2. The maximum atomic E-state index is 13.9. The van der Waals surface area contributed by atoms with Crippen LogP contribution >= 0.6 is 0 Å². The van der Waals surface area contributed by atoms with Gasteiger partial charge in [0.2, 0.25) is 5.91 Å². The number of carbonyl (C=O) groups excluding carboxylic acids is 4. The first-order valence-electron chi connectivity index (χ1n) is 13.2. The van der Waals surface area contributed by atoms with Crippen LogP contribution in [0.15, 0.2) is 53.1 Å². The number of ether oxygens (including phenoxy) is 2. The lowest BCUT2D eigenvalue weighted by atomic mass is 9.95. The number of furan rings is 1. The highest BCUT2D eigenvalue weighted by Crippen LogP contribution is 2.39. The molecule has 0 N–H and O–H groups in total. The molecule has 1 aromatic heterocycles. The zero-order valence-electron chi connectivity index (χ0n) is 21.5. The summed E-state index contributed by atoms with van der Waals surface area (Å²) in [6.45, 7) is 3.77. The average Bonchev–Trinajstić information content (AvgIpc) is 3.62. The molecule has 3 aliphatic heterocycles. The molecule has 0 bridgehead atoms. The van der Waals surface area contributed by atoms with Crippen LogP contribution in [-0.4, -0.2) is 89.6 Å². The minimum absolute atomic E-state index is 0.0847. The Kier molecular flexibility index (Phi) is 7.51. The van der Waals surface area contributed by atoms with Crippen LogP contribution in [0, 0.1) is 5.92 Å². The van der Waals surface area contributed by atoms with E-state index in [1.54, 1.807) is 58.0 Å². The number of hydrogen-bond acceptors (Lipinski definition) is 7. The maximum Gasteiger partial charge on any atom is 0.309 e. The van der Waals surface area contributed by atoms with Gasteiger partial charge in [-0.25, -0.2) is 0 Å². The monoisotopic (exact) mass is 523 g/mol. The van der Waals surface area contributed by atoms with E-state index in [-0.39, 0.29) is 42.0 Å². The molecule has 3 fully saturated rings. The number of hydrogen-bond donors (Lipinski definition) is 0. The Bertz CT molecular complexity index is 1150. The van der Waals surface area contributed by atoms with E-state index in [4.69, 9.17) is 13.9 Å². The van der Waals surface area contributed by atoms with Gasteiger partial charge >= 0.3 is 5.97 Å². The van der Waals surface area contributed by atoms with Crippen molar-refractivity contribution >= 4 is 23.7 Å². The van der Waals surface area contributed by atoms with E-state index >= 15 is 0 Å². The summed E-state index contributed by atoms with van der Waals surface area (Å²) < 4.78 is 16.7. The highest BCUT2D eigenvalue weighted by atomic mass is 16.5. The summed E-state index contributed by atoms with van der Waals surface area (Å²) in [5.41, 5.74) is -0.513. The minimum Gasteiger partial charge on any atom is -0.466 e. The van der Waals surface area contributed by atoms with E-state index in [0.29, 0.717) is 64.0 Å². The molecule has 1 atom stereocenters. The van der Waals surface area contributed by atoms with Crippen LogP contribution in [0.2, 0.25) is 0 Å². The molecule has 4 heterocycles. The zero-order chi connectivity index (χ0) is 26.7. The van der Waals surface area contributed by atoms with E-state index in [2.05, 4.69) is 0 Å². The minimum atomic E-state index is -0.990. The SMILES string of the molecule is CCOC(=O)C1CCN(C(=O)C2COC3(CCN(C(=O)c4ccco4)CC3)N2C(=O)c2ccccc2)CC1. The van der Waals surface area contributed by atoms with E-state index < -0.39 is 11.8 Å². The van der Waals surface area contributed by atoms with Gasteiger partial charge < -0.3 is 23.7 Å². The smallest absolute Gasteiger partial charge is 0.309 e. The van der Waals surface area contributed by atoms with Crippen LogP contribution in [-0.2, 0) is 19.1 Å². The van der Waals surface area contributed by atoms with Gasteiger partial charge in [0, 0.05) is 44.6 Å². The second-order valence-corrected chi connectivity index (χ2v) is 9.94. The van der Waals surface area contributed by atoms with Crippen molar-refractivity contribution in [2.75, 3.05) is 39.4 Å². The molecule has 0 aliphatic carbocycles.